The first-order valence-corrected chi connectivity index (χ1v) is 7.84. The van der Waals surface area contributed by atoms with Gasteiger partial charge in [-0.3, -0.25) is 0 Å². The number of rotatable bonds is 4. The minimum Gasteiger partial charge on any atom is -0.382 e. The molecule has 1 N–H and O–H groups in total. The molecule has 112 valence electrons. The van der Waals surface area contributed by atoms with Crippen LogP contribution in [0, 0.1) is 12.8 Å². The molecule has 1 saturated carbocycles. The van der Waals surface area contributed by atoms with Crippen molar-refractivity contribution in [2.45, 2.75) is 52.0 Å². The average Bonchev–Trinajstić information content (AvgIpc) is 3.04. The molecule has 0 saturated heterocycles. The van der Waals surface area contributed by atoms with E-state index in [1.165, 1.54) is 43.4 Å². The van der Waals surface area contributed by atoms with Crippen molar-refractivity contribution in [1.29, 1.82) is 0 Å². The number of anilines is 1. The summed E-state index contributed by atoms with van der Waals surface area (Å²) in [5.41, 5.74) is 3.43. The van der Waals surface area contributed by atoms with E-state index in [1.54, 1.807) is 11.0 Å². The highest BCUT2D eigenvalue weighted by molar-refractivity contribution is 5.57. The smallest absolute Gasteiger partial charge is 0.143 e. The van der Waals surface area contributed by atoms with Crippen LogP contribution < -0.4 is 5.32 Å². The van der Waals surface area contributed by atoms with Gasteiger partial charge in [0.05, 0.1) is 5.69 Å². The minimum atomic E-state index is 0.508. The molecule has 5 heteroatoms. The van der Waals surface area contributed by atoms with Gasteiger partial charge in [0.25, 0.3) is 0 Å². The Labute approximate surface area is 125 Å². The summed E-state index contributed by atoms with van der Waals surface area (Å²) in [5, 5.41) is 15.0. The van der Waals surface area contributed by atoms with Crippen LogP contribution >= 0.6 is 0 Å². The number of aromatic nitrogens is 4. The molecule has 0 aliphatic heterocycles. The van der Waals surface area contributed by atoms with Crippen molar-refractivity contribution >= 4 is 5.69 Å². The molecule has 0 amide bonds. The SMILES string of the molecule is Cc1ccc(-n2cnnn2)cc1NC(C)C1CCCCC1. The Bertz CT molecular complexity index is 572. The van der Waals surface area contributed by atoms with Crippen molar-refractivity contribution in [2.75, 3.05) is 5.32 Å². The van der Waals surface area contributed by atoms with Crippen LogP contribution in [0.1, 0.15) is 44.6 Å². The van der Waals surface area contributed by atoms with Gasteiger partial charge in [0.1, 0.15) is 6.33 Å². The number of hydrogen-bond donors (Lipinski definition) is 1. The largest absolute Gasteiger partial charge is 0.382 e. The van der Waals surface area contributed by atoms with Gasteiger partial charge in [-0.15, -0.1) is 5.10 Å². The highest BCUT2D eigenvalue weighted by Crippen LogP contribution is 2.29. The third kappa shape index (κ3) is 3.23. The Morgan fingerprint density at radius 2 is 2.05 bits per heavy atom. The maximum Gasteiger partial charge on any atom is 0.143 e. The lowest BCUT2D eigenvalue weighted by Crippen LogP contribution is -2.28. The van der Waals surface area contributed by atoms with Gasteiger partial charge in [-0.2, -0.15) is 0 Å². The Morgan fingerprint density at radius 3 is 2.76 bits per heavy atom. The lowest BCUT2D eigenvalue weighted by atomic mass is 9.84. The van der Waals surface area contributed by atoms with E-state index >= 15 is 0 Å². The second-order valence-electron chi connectivity index (χ2n) is 6.08. The molecule has 1 aromatic carbocycles. The second kappa shape index (κ2) is 6.24. The van der Waals surface area contributed by atoms with Crippen molar-refractivity contribution in [3.05, 3.63) is 30.1 Å². The van der Waals surface area contributed by atoms with Crippen LogP contribution in [0.3, 0.4) is 0 Å². The number of tetrazole rings is 1. The molecule has 1 aliphatic rings. The fraction of sp³-hybridized carbons (Fsp3) is 0.562. The molecular formula is C16H23N5. The maximum atomic E-state index is 3.95. The van der Waals surface area contributed by atoms with Crippen molar-refractivity contribution in [3.8, 4) is 5.69 Å². The number of aryl methyl sites for hydroxylation is 1. The molecule has 1 fully saturated rings. The third-order valence-electron chi connectivity index (χ3n) is 4.57. The Kier molecular flexibility index (Phi) is 4.18. The van der Waals surface area contributed by atoms with E-state index in [0.717, 1.165) is 11.6 Å². The summed E-state index contributed by atoms with van der Waals surface area (Å²) < 4.78 is 1.69. The first-order chi connectivity index (χ1) is 10.2. The maximum absolute atomic E-state index is 3.95. The van der Waals surface area contributed by atoms with E-state index in [4.69, 9.17) is 0 Å². The number of hydrogen-bond acceptors (Lipinski definition) is 4. The zero-order chi connectivity index (χ0) is 14.7. The van der Waals surface area contributed by atoms with Gasteiger partial charge in [-0.25, -0.2) is 4.68 Å². The predicted molar refractivity (Wildman–Crippen MR) is 83.6 cm³/mol. The highest BCUT2D eigenvalue weighted by atomic mass is 15.5. The average molecular weight is 285 g/mol. The summed E-state index contributed by atoms with van der Waals surface area (Å²) in [4.78, 5) is 0. The van der Waals surface area contributed by atoms with E-state index in [2.05, 4.69) is 46.8 Å². The van der Waals surface area contributed by atoms with Gasteiger partial charge < -0.3 is 5.32 Å². The van der Waals surface area contributed by atoms with Crippen LogP contribution in [0.15, 0.2) is 24.5 Å². The van der Waals surface area contributed by atoms with Crippen LogP contribution in [0.5, 0.6) is 0 Å². The number of nitrogens with zero attached hydrogens (tertiary/aromatic N) is 4. The van der Waals surface area contributed by atoms with Gasteiger partial charge in [0.2, 0.25) is 0 Å². The number of nitrogens with one attached hydrogen (secondary N) is 1. The van der Waals surface area contributed by atoms with Crippen molar-refractivity contribution in [2.24, 2.45) is 5.92 Å². The van der Waals surface area contributed by atoms with Crippen molar-refractivity contribution < 1.29 is 0 Å². The molecule has 1 aromatic heterocycles. The second-order valence-corrected chi connectivity index (χ2v) is 6.08. The summed E-state index contributed by atoms with van der Waals surface area (Å²) in [7, 11) is 0. The fourth-order valence-corrected chi connectivity index (χ4v) is 3.18. The topological polar surface area (TPSA) is 55.6 Å². The van der Waals surface area contributed by atoms with Crippen LogP contribution in [-0.4, -0.2) is 26.2 Å². The normalized spacial score (nSPS) is 17.6. The summed E-state index contributed by atoms with van der Waals surface area (Å²) >= 11 is 0. The van der Waals surface area contributed by atoms with E-state index < -0.39 is 0 Å². The van der Waals surface area contributed by atoms with Crippen molar-refractivity contribution in [3.63, 3.8) is 0 Å². The minimum absolute atomic E-state index is 0.508. The van der Waals surface area contributed by atoms with E-state index in [1.807, 2.05) is 6.07 Å². The first kappa shape index (κ1) is 14.0. The van der Waals surface area contributed by atoms with Crippen molar-refractivity contribution in [1.82, 2.24) is 20.2 Å². The Morgan fingerprint density at radius 1 is 1.24 bits per heavy atom. The van der Waals surface area contributed by atoms with E-state index in [9.17, 15) is 0 Å². The molecule has 21 heavy (non-hydrogen) atoms. The monoisotopic (exact) mass is 285 g/mol. The van der Waals surface area contributed by atoms with E-state index in [0.29, 0.717) is 6.04 Å². The molecule has 1 atom stereocenters. The highest BCUT2D eigenvalue weighted by Gasteiger charge is 2.20. The lowest BCUT2D eigenvalue weighted by Gasteiger charge is -2.29. The van der Waals surface area contributed by atoms with Gasteiger partial charge in [0.15, 0.2) is 0 Å². The molecule has 0 radical (unpaired) electrons. The fourth-order valence-electron chi connectivity index (χ4n) is 3.18. The van der Waals surface area contributed by atoms with Crippen LogP contribution in [0.2, 0.25) is 0 Å². The Balaban J connectivity index is 1.76. The molecule has 3 rings (SSSR count). The molecule has 0 bridgehead atoms. The molecule has 0 spiro atoms. The molecule has 1 heterocycles. The van der Waals surface area contributed by atoms with Gasteiger partial charge >= 0.3 is 0 Å². The van der Waals surface area contributed by atoms with Crippen LogP contribution in [-0.2, 0) is 0 Å². The summed E-state index contributed by atoms with van der Waals surface area (Å²) in [6.45, 7) is 4.44. The third-order valence-corrected chi connectivity index (χ3v) is 4.57. The van der Waals surface area contributed by atoms with Gasteiger partial charge in [-0.05, 0) is 60.7 Å². The first-order valence-electron chi connectivity index (χ1n) is 7.84. The Hall–Kier alpha value is -1.91. The molecule has 1 unspecified atom stereocenters. The molecular weight excluding hydrogens is 262 g/mol. The molecule has 2 aromatic rings. The zero-order valence-electron chi connectivity index (χ0n) is 12.8. The summed E-state index contributed by atoms with van der Waals surface area (Å²) in [6, 6.07) is 6.80. The van der Waals surface area contributed by atoms with Gasteiger partial charge in [-0.1, -0.05) is 25.3 Å². The zero-order valence-corrected chi connectivity index (χ0v) is 12.8. The molecule has 5 nitrogen and oxygen atoms in total. The molecule has 1 aliphatic carbocycles. The van der Waals surface area contributed by atoms with E-state index in [-0.39, 0.29) is 0 Å². The quantitative estimate of drug-likeness (QED) is 0.936. The summed E-state index contributed by atoms with van der Waals surface area (Å²) in [6.07, 6.45) is 8.47. The van der Waals surface area contributed by atoms with Gasteiger partial charge in [0, 0.05) is 11.7 Å². The van der Waals surface area contributed by atoms with Crippen LogP contribution in [0.25, 0.3) is 5.69 Å². The standard InChI is InChI=1S/C16H23N5/c1-12-8-9-15(21-11-17-19-20-21)10-16(12)18-13(2)14-6-4-3-5-7-14/h8-11,13-14,18H,3-7H2,1-2H3. The predicted octanol–water partition coefficient (Wildman–Crippen LogP) is 3.35. The van der Waals surface area contributed by atoms with Crippen LogP contribution in [0.4, 0.5) is 5.69 Å². The lowest BCUT2D eigenvalue weighted by molar-refractivity contribution is 0.328. The number of benzene rings is 1. The summed E-state index contributed by atoms with van der Waals surface area (Å²) in [5.74, 6) is 0.787.